The molecule has 0 amide bonds. The van der Waals surface area contributed by atoms with Gasteiger partial charge in [-0.1, -0.05) is 6.07 Å². The SMILES string of the molecule is Cc1cc(C)c(C)c(CN2C=CN(C)C2)c1C. The van der Waals surface area contributed by atoms with Gasteiger partial charge in [-0.05, 0) is 55.5 Å². The highest BCUT2D eigenvalue weighted by molar-refractivity contribution is 5.44. The Kier molecular flexibility index (Phi) is 3.14. The third kappa shape index (κ3) is 2.31. The van der Waals surface area contributed by atoms with Crippen LogP contribution < -0.4 is 0 Å². The van der Waals surface area contributed by atoms with E-state index in [9.17, 15) is 0 Å². The molecule has 2 nitrogen and oxygen atoms in total. The van der Waals surface area contributed by atoms with Crippen molar-refractivity contribution in [2.24, 2.45) is 0 Å². The van der Waals surface area contributed by atoms with Crippen LogP contribution in [0.2, 0.25) is 0 Å². The van der Waals surface area contributed by atoms with E-state index in [1.165, 1.54) is 27.8 Å². The van der Waals surface area contributed by atoms with Gasteiger partial charge in [0.15, 0.2) is 0 Å². The van der Waals surface area contributed by atoms with E-state index in [0.29, 0.717) is 0 Å². The Balaban J connectivity index is 2.29. The van der Waals surface area contributed by atoms with Gasteiger partial charge in [-0.25, -0.2) is 0 Å². The minimum atomic E-state index is 0.992. The predicted molar refractivity (Wildman–Crippen MR) is 72.7 cm³/mol. The van der Waals surface area contributed by atoms with E-state index in [0.717, 1.165) is 13.2 Å². The van der Waals surface area contributed by atoms with Gasteiger partial charge in [0.1, 0.15) is 0 Å². The van der Waals surface area contributed by atoms with E-state index >= 15 is 0 Å². The molecular formula is C15H22N2. The summed E-state index contributed by atoms with van der Waals surface area (Å²) in [6.45, 7) is 10.9. The molecule has 0 N–H and O–H groups in total. The molecule has 0 spiro atoms. The molecule has 1 aliphatic heterocycles. The Morgan fingerprint density at radius 1 is 1.00 bits per heavy atom. The average molecular weight is 230 g/mol. The monoisotopic (exact) mass is 230 g/mol. The molecule has 2 heteroatoms. The molecule has 0 unspecified atom stereocenters. The summed E-state index contributed by atoms with van der Waals surface area (Å²) in [5.41, 5.74) is 7.17. The molecule has 0 radical (unpaired) electrons. The van der Waals surface area contributed by atoms with Gasteiger partial charge in [-0.15, -0.1) is 0 Å². The zero-order valence-electron chi connectivity index (χ0n) is 11.5. The maximum absolute atomic E-state index is 2.36. The number of aryl methyl sites for hydroxylation is 2. The third-order valence-corrected chi connectivity index (χ3v) is 3.82. The number of rotatable bonds is 2. The molecule has 0 fully saturated rings. The summed E-state index contributed by atoms with van der Waals surface area (Å²) >= 11 is 0. The first-order chi connectivity index (χ1) is 7.99. The molecule has 1 aromatic rings. The van der Waals surface area contributed by atoms with Crippen molar-refractivity contribution in [1.82, 2.24) is 9.80 Å². The van der Waals surface area contributed by atoms with E-state index in [4.69, 9.17) is 0 Å². The van der Waals surface area contributed by atoms with Crippen LogP contribution in [-0.4, -0.2) is 23.5 Å². The fourth-order valence-electron chi connectivity index (χ4n) is 2.43. The molecule has 17 heavy (non-hydrogen) atoms. The highest BCUT2D eigenvalue weighted by Gasteiger charge is 2.14. The van der Waals surface area contributed by atoms with Gasteiger partial charge < -0.3 is 9.80 Å². The van der Waals surface area contributed by atoms with Crippen molar-refractivity contribution in [1.29, 1.82) is 0 Å². The van der Waals surface area contributed by atoms with Crippen LogP contribution in [0.5, 0.6) is 0 Å². The largest absolute Gasteiger partial charge is 0.362 e. The Morgan fingerprint density at radius 2 is 1.59 bits per heavy atom. The summed E-state index contributed by atoms with van der Waals surface area (Å²) in [5, 5.41) is 0. The van der Waals surface area contributed by atoms with E-state index in [2.05, 4.69) is 63.0 Å². The molecule has 92 valence electrons. The van der Waals surface area contributed by atoms with Crippen molar-refractivity contribution in [2.45, 2.75) is 34.2 Å². The highest BCUT2D eigenvalue weighted by Crippen LogP contribution is 2.24. The molecule has 1 aromatic carbocycles. The lowest BCUT2D eigenvalue weighted by Crippen LogP contribution is -2.23. The second kappa shape index (κ2) is 4.44. The van der Waals surface area contributed by atoms with Crippen LogP contribution in [0.15, 0.2) is 18.5 Å². The Bertz CT molecular complexity index is 434. The van der Waals surface area contributed by atoms with Crippen molar-refractivity contribution in [2.75, 3.05) is 13.7 Å². The molecule has 0 aromatic heterocycles. The third-order valence-electron chi connectivity index (χ3n) is 3.82. The van der Waals surface area contributed by atoms with Crippen LogP contribution in [0, 0.1) is 27.7 Å². The first-order valence-corrected chi connectivity index (χ1v) is 6.18. The molecular weight excluding hydrogens is 208 g/mol. The van der Waals surface area contributed by atoms with Gasteiger partial charge in [0.05, 0.1) is 6.67 Å². The van der Waals surface area contributed by atoms with E-state index in [-0.39, 0.29) is 0 Å². The zero-order chi connectivity index (χ0) is 12.6. The zero-order valence-corrected chi connectivity index (χ0v) is 11.5. The lowest BCUT2D eigenvalue weighted by Gasteiger charge is -2.22. The van der Waals surface area contributed by atoms with Crippen LogP contribution in [0.3, 0.4) is 0 Å². The van der Waals surface area contributed by atoms with Crippen molar-refractivity contribution in [3.8, 4) is 0 Å². The van der Waals surface area contributed by atoms with Gasteiger partial charge in [0, 0.05) is 26.0 Å². The minimum Gasteiger partial charge on any atom is -0.362 e. The normalized spacial score (nSPS) is 14.9. The van der Waals surface area contributed by atoms with Crippen LogP contribution >= 0.6 is 0 Å². The van der Waals surface area contributed by atoms with Crippen LogP contribution in [-0.2, 0) is 6.54 Å². The fourth-order valence-corrected chi connectivity index (χ4v) is 2.43. The van der Waals surface area contributed by atoms with Gasteiger partial charge in [-0.2, -0.15) is 0 Å². The van der Waals surface area contributed by atoms with E-state index in [1.54, 1.807) is 0 Å². The number of nitrogens with zero attached hydrogens (tertiary/aromatic N) is 2. The lowest BCUT2D eigenvalue weighted by molar-refractivity contribution is 0.290. The molecule has 0 atom stereocenters. The second-order valence-corrected chi connectivity index (χ2v) is 5.18. The van der Waals surface area contributed by atoms with Gasteiger partial charge >= 0.3 is 0 Å². The predicted octanol–water partition coefficient (Wildman–Crippen LogP) is 3.10. The van der Waals surface area contributed by atoms with Crippen molar-refractivity contribution in [3.05, 3.63) is 46.3 Å². The Labute approximate surface area is 105 Å². The molecule has 0 saturated carbocycles. The topological polar surface area (TPSA) is 6.48 Å². The first kappa shape index (κ1) is 12.0. The maximum atomic E-state index is 2.36. The summed E-state index contributed by atoms with van der Waals surface area (Å²) < 4.78 is 0. The van der Waals surface area contributed by atoms with E-state index < -0.39 is 0 Å². The Hall–Kier alpha value is -1.44. The molecule has 2 rings (SSSR count). The Morgan fingerprint density at radius 3 is 2.06 bits per heavy atom. The summed E-state index contributed by atoms with van der Waals surface area (Å²) in [5.74, 6) is 0. The lowest BCUT2D eigenvalue weighted by atomic mass is 9.94. The molecule has 1 aliphatic rings. The summed E-state index contributed by atoms with van der Waals surface area (Å²) in [4.78, 5) is 4.56. The average Bonchev–Trinajstić information content (AvgIpc) is 2.68. The van der Waals surface area contributed by atoms with Crippen LogP contribution in [0.25, 0.3) is 0 Å². The maximum Gasteiger partial charge on any atom is 0.0894 e. The standard InChI is InChI=1S/C15H22N2/c1-11-8-12(2)14(4)15(13(11)3)9-17-7-6-16(5)10-17/h6-8H,9-10H2,1-5H3. The first-order valence-electron chi connectivity index (χ1n) is 6.18. The smallest absolute Gasteiger partial charge is 0.0894 e. The fraction of sp³-hybridized carbons (Fsp3) is 0.467. The summed E-state index contributed by atoms with van der Waals surface area (Å²) in [7, 11) is 2.11. The number of hydrogen-bond donors (Lipinski definition) is 0. The van der Waals surface area contributed by atoms with E-state index in [1.807, 2.05) is 0 Å². The molecule has 0 bridgehead atoms. The molecule has 1 heterocycles. The van der Waals surface area contributed by atoms with Gasteiger partial charge in [0.2, 0.25) is 0 Å². The molecule has 0 saturated heterocycles. The number of hydrogen-bond acceptors (Lipinski definition) is 2. The summed E-state index contributed by atoms with van der Waals surface area (Å²) in [6, 6.07) is 2.29. The molecule has 0 aliphatic carbocycles. The summed E-state index contributed by atoms with van der Waals surface area (Å²) in [6.07, 6.45) is 4.31. The van der Waals surface area contributed by atoms with Crippen LogP contribution in [0.4, 0.5) is 0 Å². The van der Waals surface area contributed by atoms with Gasteiger partial charge in [0.25, 0.3) is 0 Å². The van der Waals surface area contributed by atoms with Crippen molar-refractivity contribution >= 4 is 0 Å². The van der Waals surface area contributed by atoms with Crippen molar-refractivity contribution < 1.29 is 0 Å². The minimum absolute atomic E-state index is 0.992. The second-order valence-electron chi connectivity index (χ2n) is 5.18. The van der Waals surface area contributed by atoms with Crippen LogP contribution in [0.1, 0.15) is 27.8 Å². The quantitative estimate of drug-likeness (QED) is 0.770. The van der Waals surface area contributed by atoms with Gasteiger partial charge in [-0.3, -0.25) is 0 Å². The number of benzene rings is 1. The highest BCUT2D eigenvalue weighted by atomic mass is 15.3. The van der Waals surface area contributed by atoms with Crippen molar-refractivity contribution in [3.63, 3.8) is 0 Å².